The molecule has 0 aromatic carbocycles. The van der Waals surface area contributed by atoms with Crippen LogP contribution in [0.4, 0.5) is 5.69 Å². The van der Waals surface area contributed by atoms with E-state index in [0.717, 1.165) is 21.7 Å². The quantitative estimate of drug-likeness (QED) is 0.775. The smallest absolute Gasteiger partial charge is 0.270 e. The lowest BCUT2D eigenvalue weighted by Crippen LogP contribution is -1.90. The molecule has 0 aliphatic rings. The number of nitrogens with two attached hydrogens (primary N) is 1. The maximum atomic E-state index is 5.98. The lowest BCUT2D eigenvalue weighted by atomic mass is 10.2. The molecule has 0 spiro atoms. The largest absolute Gasteiger partial charge is 0.397 e. The molecule has 3 rings (SSSR count). The van der Waals surface area contributed by atoms with Crippen LogP contribution in [0.5, 0.6) is 0 Å². The van der Waals surface area contributed by atoms with Crippen LogP contribution in [0.1, 0.15) is 11.1 Å². The zero-order valence-corrected chi connectivity index (χ0v) is 11.4. The Hall–Kier alpha value is -2.21. The highest BCUT2D eigenvalue weighted by Gasteiger charge is 2.17. The summed E-state index contributed by atoms with van der Waals surface area (Å²) in [5.74, 6) is 0.925. The number of nitrogens with zero attached hydrogens (tertiary/aromatic N) is 3. The highest BCUT2D eigenvalue weighted by atomic mass is 32.1. The minimum Gasteiger partial charge on any atom is -0.397 e. The average molecular weight is 272 g/mol. The molecule has 3 aromatic rings. The van der Waals surface area contributed by atoms with Crippen molar-refractivity contribution in [2.45, 2.75) is 13.8 Å². The van der Waals surface area contributed by atoms with Gasteiger partial charge in [-0.3, -0.25) is 4.98 Å². The summed E-state index contributed by atoms with van der Waals surface area (Å²) in [5, 5.41) is 5.95. The van der Waals surface area contributed by atoms with Gasteiger partial charge < -0.3 is 10.3 Å². The van der Waals surface area contributed by atoms with Crippen LogP contribution in [0.25, 0.3) is 22.3 Å². The van der Waals surface area contributed by atoms with Crippen molar-refractivity contribution in [3.63, 3.8) is 0 Å². The summed E-state index contributed by atoms with van der Waals surface area (Å²) in [6, 6.07) is 3.84. The molecule has 19 heavy (non-hydrogen) atoms. The minimum atomic E-state index is 0.440. The van der Waals surface area contributed by atoms with Crippen LogP contribution >= 0.6 is 11.3 Å². The van der Waals surface area contributed by atoms with Crippen molar-refractivity contribution >= 4 is 17.0 Å². The topological polar surface area (TPSA) is 77.8 Å². The summed E-state index contributed by atoms with van der Waals surface area (Å²) < 4.78 is 5.28. The number of thiophene rings is 1. The van der Waals surface area contributed by atoms with Gasteiger partial charge in [0, 0.05) is 6.20 Å². The fourth-order valence-corrected chi connectivity index (χ4v) is 2.64. The first-order chi connectivity index (χ1) is 9.16. The average Bonchev–Trinajstić information content (AvgIpc) is 2.99. The molecule has 0 amide bonds. The standard InChI is InChI=1S/C13H12N4OS/c1-7-4-3-5-15-10(7)12-16-13(18-17-12)11-9(14)8(2)6-19-11/h3-6H,14H2,1-2H3. The van der Waals surface area contributed by atoms with Crippen LogP contribution < -0.4 is 5.73 Å². The van der Waals surface area contributed by atoms with Crippen molar-refractivity contribution in [3.05, 3.63) is 34.8 Å². The molecule has 2 N–H and O–H groups in total. The Morgan fingerprint density at radius 2 is 2.11 bits per heavy atom. The van der Waals surface area contributed by atoms with Gasteiger partial charge in [0.25, 0.3) is 5.89 Å². The first-order valence-electron chi connectivity index (χ1n) is 5.76. The Bertz CT molecular complexity index is 732. The fraction of sp³-hybridized carbons (Fsp3) is 0.154. The van der Waals surface area contributed by atoms with Gasteiger partial charge in [-0.05, 0) is 36.4 Å². The predicted molar refractivity (Wildman–Crippen MR) is 74.7 cm³/mol. The first kappa shape index (κ1) is 11.9. The molecule has 0 saturated heterocycles. The van der Waals surface area contributed by atoms with E-state index in [1.54, 1.807) is 6.20 Å². The molecule has 0 unspecified atom stereocenters. The molecule has 0 fully saturated rings. The second-order valence-electron chi connectivity index (χ2n) is 4.25. The first-order valence-corrected chi connectivity index (χ1v) is 6.64. The van der Waals surface area contributed by atoms with Crippen molar-refractivity contribution in [3.8, 4) is 22.3 Å². The van der Waals surface area contributed by atoms with E-state index in [2.05, 4.69) is 15.1 Å². The number of anilines is 1. The van der Waals surface area contributed by atoms with Crippen LogP contribution in [0.3, 0.4) is 0 Å². The monoisotopic (exact) mass is 272 g/mol. The van der Waals surface area contributed by atoms with E-state index < -0.39 is 0 Å². The number of hydrogen-bond donors (Lipinski definition) is 1. The van der Waals surface area contributed by atoms with Crippen LogP contribution in [-0.4, -0.2) is 15.1 Å². The van der Waals surface area contributed by atoms with E-state index >= 15 is 0 Å². The highest BCUT2D eigenvalue weighted by molar-refractivity contribution is 7.14. The summed E-state index contributed by atoms with van der Waals surface area (Å²) in [7, 11) is 0. The molecular formula is C13H12N4OS. The van der Waals surface area contributed by atoms with E-state index in [1.807, 2.05) is 31.4 Å². The maximum absolute atomic E-state index is 5.98. The Labute approximate surface area is 114 Å². The van der Waals surface area contributed by atoms with Gasteiger partial charge in [-0.15, -0.1) is 11.3 Å². The Balaban J connectivity index is 2.05. The molecule has 0 atom stereocenters. The molecule has 6 heteroatoms. The third-order valence-corrected chi connectivity index (χ3v) is 3.97. The second-order valence-corrected chi connectivity index (χ2v) is 5.13. The predicted octanol–water partition coefficient (Wildman–Crippen LogP) is 3.06. The Morgan fingerprint density at radius 3 is 2.79 bits per heavy atom. The van der Waals surface area contributed by atoms with Gasteiger partial charge in [0.2, 0.25) is 5.82 Å². The number of aryl methyl sites for hydroxylation is 2. The zero-order chi connectivity index (χ0) is 13.4. The minimum absolute atomic E-state index is 0.440. The summed E-state index contributed by atoms with van der Waals surface area (Å²) in [4.78, 5) is 9.46. The summed E-state index contributed by atoms with van der Waals surface area (Å²) >= 11 is 1.50. The van der Waals surface area contributed by atoms with E-state index in [0.29, 0.717) is 17.4 Å². The van der Waals surface area contributed by atoms with Gasteiger partial charge in [-0.1, -0.05) is 11.2 Å². The van der Waals surface area contributed by atoms with E-state index in [1.165, 1.54) is 11.3 Å². The number of hydrogen-bond acceptors (Lipinski definition) is 6. The molecule has 3 aromatic heterocycles. The Kier molecular flexibility index (Phi) is 2.79. The van der Waals surface area contributed by atoms with E-state index in [4.69, 9.17) is 10.3 Å². The van der Waals surface area contributed by atoms with Crippen LogP contribution in [0, 0.1) is 13.8 Å². The fourth-order valence-electron chi connectivity index (χ4n) is 1.75. The van der Waals surface area contributed by atoms with Gasteiger partial charge in [0.05, 0.1) is 5.69 Å². The number of aromatic nitrogens is 3. The van der Waals surface area contributed by atoms with Gasteiger partial charge in [0.1, 0.15) is 10.6 Å². The highest BCUT2D eigenvalue weighted by Crippen LogP contribution is 2.34. The summed E-state index contributed by atoms with van der Waals surface area (Å²) in [5.41, 5.74) is 9.43. The molecule has 0 saturated carbocycles. The number of pyridine rings is 1. The molecule has 0 bridgehead atoms. The molecule has 96 valence electrons. The van der Waals surface area contributed by atoms with Crippen LogP contribution in [0.15, 0.2) is 28.2 Å². The summed E-state index contributed by atoms with van der Waals surface area (Å²) in [6.45, 7) is 3.91. The molecular weight excluding hydrogens is 260 g/mol. The van der Waals surface area contributed by atoms with Gasteiger partial charge in [-0.2, -0.15) is 4.98 Å². The van der Waals surface area contributed by atoms with E-state index in [9.17, 15) is 0 Å². The molecule has 0 aliphatic heterocycles. The molecule has 0 aliphatic carbocycles. The van der Waals surface area contributed by atoms with Crippen LogP contribution in [-0.2, 0) is 0 Å². The molecule has 5 nitrogen and oxygen atoms in total. The molecule has 3 heterocycles. The summed E-state index contributed by atoms with van der Waals surface area (Å²) in [6.07, 6.45) is 1.71. The molecule has 0 radical (unpaired) electrons. The SMILES string of the molecule is Cc1cccnc1-c1noc(-c2scc(C)c2N)n1. The zero-order valence-electron chi connectivity index (χ0n) is 10.5. The number of nitrogen functional groups attached to an aromatic ring is 1. The second kappa shape index (κ2) is 4.47. The van der Waals surface area contributed by atoms with Crippen molar-refractivity contribution in [2.24, 2.45) is 0 Å². The lowest BCUT2D eigenvalue weighted by Gasteiger charge is -1.96. The van der Waals surface area contributed by atoms with Gasteiger partial charge in [0.15, 0.2) is 0 Å². The lowest BCUT2D eigenvalue weighted by molar-refractivity contribution is 0.433. The van der Waals surface area contributed by atoms with Crippen molar-refractivity contribution in [1.29, 1.82) is 0 Å². The van der Waals surface area contributed by atoms with Crippen molar-refractivity contribution in [1.82, 2.24) is 15.1 Å². The normalized spacial score (nSPS) is 10.8. The van der Waals surface area contributed by atoms with E-state index in [-0.39, 0.29) is 0 Å². The van der Waals surface area contributed by atoms with Crippen molar-refractivity contribution < 1.29 is 4.52 Å². The van der Waals surface area contributed by atoms with Crippen LogP contribution in [0.2, 0.25) is 0 Å². The van der Waals surface area contributed by atoms with Gasteiger partial charge >= 0.3 is 0 Å². The number of rotatable bonds is 2. The van der Waals surface area contributed by atoms with Crippen molar-refractivity contribution in [2.75, 3.05) is 5.73 Å². The third-order valence-electron chi connectivity index (χ3n) is 2.86. The van der Waals surface area contributed by atoms with Gasteiger partial charge in [-0.25, -0.2) is 0 Å². The maximum Gasteiger partial charge on any atom is 0.270 e. The third kappa shape index (κ3) is 2.00. The Morgan fingerprint density at radius 1 is 1.26 bits per heavy atom.